The molecule has 198 valence electrons. The Balaban J connectivity index is 1.70. The highest BCUT2D eigenvalue weighted by atomic mass is 35.5. The van der Waals surface area contributed by atoms with Crippen molar-refractivity contribution in [3.63, 3.8) is 0 Å². The molecular formula is C25H30BCl2N3O6. The highest BCUT2D eigenvalue weighted by Gasteiger charge is 2.32. The Bertz CT molecular complexity index is 1070. The van der Waals surface area contributed by atoms with Crippen molar-refractivity contribution in [2.24, 2.45) is 0 Å². The molecule has 0 saturated carbocycles. The molecule has 1 unspecified atom stereocenters. The van der Waals surface area contributed by atoms with Crippen LogP contribution in [0.3, 0.4) is 0 Å². The van der Waals surface area contributed by atoms with E-state index in [9.17, 15) is 24.4 Å². The normalized spacial score (nSPS) is 15.0. The monoisotopic (exact) mass is 549 g/mol. The van der Waals surface area contributed by atoms with Crippen LogP contribution in [0.25, 0.3) is 0 Å². The Morgan fingerprint density at radius 3 is 2.41 bits per heavy atom. The Morgan fingerprint density at radius 2 is 1.73 bits per heavy atom. The Hall–Kier alpha value is -2.63. The summed E-state index contributed by atoms with van der Waals surface area (Å²) in [4.78, 5) is 40.6. The van der Waals surface area contributed by atoms with Crippen LogP contribution < -0.4 is 10.6 Å². The van der Waals surface area contributed by atoms with Crippen LogP contribution in [-0.4, -0.2) is 78.1 Å². The van der Waals surface area contributed by atoms with Gasteiger partial charge in [-0.2, -0.15) is 0 Å². The lowest BCUT2D eigenvalue weighted by molar-refractivity contribution is -0.138. The first-order chi connectivity index (χ1) is 17.7. The van der Waals surface area contributed by atoms with Gasteiger partial charge < -0.3 is 30.3 Å². The van der Waals surface area contributed by atoms with Crippen molar-refractivity contribution < 1.29 is 29.2 Å². The average molecular weight is 550 g/mol. The zero-order valence-electron chi connectivity index (χ0n) is 20.2. The number of hydrogen-bond donors (Lipinski definition) is 4. The molecule has 12 heteroatoms. The fourth-order valence-corrected chi connectivity index (χ4v) is 4.36. The number of carbonyl (C=O) groups is 3. The van der Waals surface area contributed by atoms with Gasteiger partial charge in [0, 0.05) is 18.1 Å². The van der Waals surface area contributed by atoms with Gasteiger partial charge in [0.05, 0.1) is 36.2 Å². The van der Waals surface area contributed by atoms with E-state index in [1.807, 2.05) is 30.3 Å². The first-order valence-corrected chi connectivity index (χ1v) is 12.8. The van der Waals surface area contributed by atoms with Gasteiger partial charge in [0.15, 0.2) is 0 Å². The van der Waals surface area contributed by atoms with Gasteiger partial charge in [-0.15, -0.1) is 0 Å². The highest BCUT2D eigenvalue weighted by molar-refractivity contribution is 6.43. The Kier molecular flexibility index (Phi) is 11.2. The summed E-state index contributed by atoms with van der Waals surface area (Å²) in [5.74, 6) is -2.74. The van der Waals surface area contributed by atoms with Gasteiger partial charge in [0.1, 0.15) is 6.04 Å². The van der Waals surface area contributed by atoms with Crippen LogP contribution in [0.2, 0.25) is 10.0 Å². The second-order valence-electron chi connectivity index (χ2n) is 8.75. The van der Waals surface area contributed by atoms with E-state index in [0.717, 1.165) is 5.56 Å². The molecule has 0 aromatic heterocycles. The molecule has 2 aromatic carbocycles. The summed E-state index contributed by atoms with van der Waals surface area (Å²) in [6, 6.07) is 12.7. The molecule has 0 spiro atoms. The maximum Gasteiger partial charge on any atom is 0.475 e. The van der Waals surface area contributed by atoms with Gasteiger partial charge in [-0.3, -0.25) is 14.4 Å². The zero-order valence-corrected chi connectivity index (χ0v) is 21.8. The molecule has 1 aliphatic rings. The van der Waals surface area contributed by atoms with Gasteiger partial charge in [0.2, 0.25) is 11.8 Å². The van der Waals surface area contributed by atoms with Crippen LogP contribution in [0.4, 0.5) is 0 Å². The van der Waals surface area contributed by atoms with E-state index < -0.39 is 30.9 Å². The molecule has 3 amide bonds. The van der Waals surface area contributed by atoms with E-state index >= 15 is 0 Å². The van der Waals surface area contributed by atoms with Crippen LogP contribution in [-0.2, 0) is 20.7 Å². The summed E-state index contributed by atoms with van der Waals surface area (Å²) in [5.41, 5.74) is 1.13. The minimum absolute atomic E-state index is 0.0485. The molecule has 1 fully saturated rings. The summed E-state index contributed by atoms with van der Waals surface area (Å²) >= 11 is 12.1. The van der Waals surface area contributed by atoms with Gasteiger partial charge in [0.25, 0.3) is 5.91 Å². The van der Waals surface area contributed by atoms with E-state index in [1.165, 1.54) is 18.2 Å². The number of ether oxygens (including phenoxy) is 1. The van der Waals surface area contributed by atoms with Gasteiger partial charge in [-0.05, 0) is 43.0 Å². The lowest BCUT2D eigenvalue weighted by atomic mass is 9.76. The van der Waals surface area contributed by atoms with E-state index in [0.29, 0.717) is 39.1 Å². The fourth-order valence-electron chi connectivity index (χ4n) is 3.98. The van der Waals surface area contributed by atoms with Crippen LogP contribution in [0.5, 0.6) is 0 Å². The van der Waals surface area contributed by atoms with Crippen molar-refractivity contribution in [3.8, 4) is 0 Å². The molecule has 0 radical (unpaired) electrons. The molecule has 3 rings (SSSR count). The van der Waals surface area contributed by atoms with E-state index in [-0.39, 0.29) is 34.4 Å². The molecule has 1 aliphatic heterocycles. The molecule has 37 heavy (non-hydrogen) atoms. The van der Waals surface area contributed by atoms with E-state index in [1.54, 1.807) is 4.90 Å². The lowest BCUT2D eigenvalue weighted by Gasteiger charge is -2.29. The molecule has 1 heterocycles. The number of hydrogen-bond acceptors (Lipinski definition) is 6. The molecule has 2 atom stereocenters. The van der Waals surface area contributed by atoms with E-state index in [4.69, 9.17) is 27.9 Å². The molecule has 2 aromatic rings. The summed E-state index contributed by atoms with van der Waals surface area (Å²) in [7, 11) is -1.83. The number of carbonyl (C=O) groups excluding carboxylic acids is 3. The fraction of sp³-hybridized carbons (Fsp3) is 0.400. The SMILES string of the molecule is O=C(NC(CC(=O)N1CCOCC1)C(=O)N[C@@H](CCCc1ccccc1)B(O)O)c1cc(Cl)ccc1Cl. The summed E-state index contributed by atoms with van der Waals surface area (Å²) < 4.78 is 5.27. The largest absolute Gasteiger partial charge is 0.475 e. The first kappa shape index (κ1) is 28.9. The summed E-state index contributed by atoms with van der Waals surface area (Å²) in [5, 5.41) is 25.3. The maximum absolute atomic E-state index is 13.2. The molecule has 9 nitrogen and oxygen atoms in total. The van der Waals surface area contributed by atoms with Crippen molar-refractivity contribution in [2.75, 3.05) is 26.3 Å². The van der Waals surface area contributed by atoms with Crippen molar-refractivity contribution in [1.82, 2.24) is 15.5 Å². The highest BCUT2D eigenvalue weighted by Crippen LogP contribution is 2.21. The van der Waals surface area contributed by atoms with Crippen LogP contribution in [0.1, 0.15) is 35.2 Å². The van der Waals surface area contributed by atoms with Gasteiger partial charge in [-0.1, -0.05) is 53.5 Å². The minimum Gasteiger partial charge on any atom is -0.426 e. The second kappa shape index (κ2) is 14.3. The number of benzene rings is 2. The Morgan fingerprint density at radius 1 is 1.03 bits per heavy atom. The number of halogens is 2. The number of aryl methyl sites for hydroxylation is 1. The molecule has 0 bridgehead atoms. The number of morpholine rings is 1. The van der Waals surface area contributed by atoms with Gasteiger partial charge in [-0.25, -0.2) is 0 Å². The number of nitrogens with zero attached hydrogens (tertiary/aromatic N) is 1. The quantitative estimate of drug-likeness (QED) is 0.317. The smallest absolute Gasteiger partial charge is 0.426 e. The third kappa shape index (κ3) is 9.01. The third-order valence-electron chi connectivity index (χ3n) is 6.05. The van der Waals surface area contributed by atoms with Crippen molar-refractivity contribution in [2.45, 2.75) is 37.7 Å². The Labute approximate surface area is 226 Å². The van der Waals surface area contributed by atoms with Crippen molar-refractivity contribution in [1.29, 1.82) is 0 Å². The predicted molar refractivity (Wildman–Crippen MR) is 141 cm³/mol. The molecule has 0 aliphatic carbocycles. The van der Waals surface area contributed by atoms with Crippen molar-refractivity contribution in [3.05, 3.63) is 69.7 Å². The number of amides is 3. The van der Waals surface area contributed by atoms with Crippen molar-refractivity contribution >= 4 is 48.0 Å². The first-order valence-electron chi connectivity index (χ1n) is 12.1. The molecular weight excluding hydrogens is 520 g/mol. The molecule has 4 N–H and O–H groups in total. The summed E-state index contributed by atoms with van der Waals surface area (Å²) in [6.45, 7) is 1.51. The van der Waals surface area contributed by atoms with Gasteiger partial charge >= 0.3 is 7.12 Å². The zero-order chi connectivity index (χ0) is 26.8. The standard InChI is InChI=1S/C25H30BCl2N3O6/c27-18-9-10-20(28)19(15-18)24(33)29-21(16-23(32)31-11-13-37-14-12-31)25(34)30-22(26(35)36)8-4-7-17-5-2-1-3-6-17/h1-3,5-6,9-10,15,21-22,35-36H,4,7-8,11-14,16H2,(H,29,33)(H,30,34)/t21?,22-/m0/s1. The predicted octanol–water partition coefficient (Wildman–Crippen LogP) is 1.86. The van der Waals surface area contributed by atoms with Crippen LogP contribution in [0.15, 0.2) is 48.5 Å². The number of rotatable bonds is 11. The lowest BCUT2D eigenvalue weighted by Crippen LogP contribution is -2.55. The third-order valence-corrected chi connectivity index (χ3v) is 6.61. The minimum atomic E-state index is -1.83. The second-order valence-corrected chi connectivity index (χ2v) is 9.60. The number of nitrogens with one attached hydrogen (secondary N) is 2. The average Bonchev–Trinajstić information content (AvgIpc) is 2.89. The van der Waals surface area contributed by atoms with Crippen LogP contribution in [0, 0.1) is 0 Å². The topological polar surface area (TPSA) is 128 Å². The van der Waals surface area contributed by atoms with E-state index in [2.05, 4.69) is 10.6 Å². The molecule has 1 saturated heterocycles. The maximum atomic E-state index is 13.2. The van der Waals surface area contributed by atoms with Crippen LogP contribution >= 0.6 is 23.2 Å². The summed E-state index contributed by atoms with van der Waals surface area (Å²) in [6.07, 6.45) is 1.21.